The zero-order valence-electron chi connectivity index (χ0n) is 22.1. The fourth-order valence-electron chi connectivity index (χ4n) is 4.43. The number of nitrogens with one attached hydrogen (secondary N) is 3. The number of amides is 2. The maximum Gasteiger partial charge on any atom is 0.274 e. The molecule has 0 radical (unpaired) electrons. The molecular weight excluding hydrogens is 486 g/mol. The molecule has 0 unspecified atom stereocenters. The van der Waals surface area contributed by atoms with Crippen LogP contribution in [-0.2, 0) is 4.79 Å². The maximum atomic E-state index is 12.9. The van der Waals surface area contributed by atoms with Crippen molar-refractivity contribution in [2.24, 2.45) is 0 Å². The van der Waals surface area contributed by atoms with E-state index in [0.29, 0.717) is 17.3 Å². The zero-order chi connectivity index (χ0) is 27.5. The first-order valence-corrected chi connectivity index (χ1v) is 12.7. The number of carbonyl (C=O) groups excluding carboxylic acids is 2. The van der Waals surface area contributed by atoms with Gasteiger partial charge in [-0.05, 0) is 65.9 Å². The highest BCUT2D eigenvalue weighted by atomic mass is 16.2. The van der Waals surface area contributed by atoms with Crippen molar-refractivity contribution in [3.8, 4) is 22.3 Å². The molecule has 0 aliphatic heterocycles. The summed E-state index contributed by atoms with van der Waals surface area (Å²) in [6.07, 6.45) is 6.61. The van der Waals surface area contributed by atoms with E-state index in [2.05, 4.69) is 52.1 Å². The fraction of sp³-hybridized carbons (Fsp3) is 0.125. The smallest absolute Gasteiger partial charge is 0.274 e. The predicted octanol–water partition coefficient (Wildman–Crippen LogP) is 7.10. The highest BCUT2D eigenvalue weighted by molar-refractivity contribution is 6.04. The van der Waals surface area contributed by atoms with Gasteiger partial charge in [-0.3, -0.25) is 14.6 Å². The molecular formula is C32H29N5O2. The van der Waals surface area contributed by atoms with Gasteiger partial charge in [0, 0.05) is 52.0 Å². The van der Waals surface area contributed by atoms with E-state index in [1.165, 1.54) is 11.6 Å². The Morgan fingerprint density at radius 1 is 0.923 bits per heavy atom. The lowest BCUT2D eigenvalue weighted by Gasteiger charge is -2.12. The number of nitrogens with zero attached hydrogens (tertiary/aromatic N) is 2. The molecule has 2 amide bonds. The van der Waals surface area contributed by atoms with E-state index in [4.69, 9.17) is 0 Å². The Balaban J connectivity index is 1.38. The van der Waals surface area contributed by atoms with Crippen LogP contribution < -0.4 is 10.6 Å². The monoisotopic (exact) mass is 515 g/mol. The number of benzene rings is 2. The van der Waals surface area contributed by atoms with Gasteiger partial charge in [0.2, 0.25) is 5.91 Å². The van der Waals surface area contributed by atoms with Gasteiger partial charge < -0.3 is 15.6 Å². The number of aryl methyl sites for hydroxylation is 1. The van der Waals surface area contributed by atoms with Crippen LogP contribution in [0.15, 0.2) is 91.9 Å². The lowest BCUT2D eigenvalue weighted by molar-refractivity contribution is -0.111. The third-order valence-electron chi connectivity index (χ3n) is 6.65. The minimum absolute atomic E-state index is 0.256. The Morgan fingerprint density at radius 3 is 2.46 bits per heavy atom. The van der Waals surface area contributed by atoms with Crippen molar-refractivity contribution in [2.45, 2.75) is 26.7 Å². The third kappa shape index (κ3) is 5.48. The summed E-state index contributed by atoms with van der Waals surface area (Å²) in [6, 6.07) is 19.3. The summed E-state index contributed by atoms with van der Waals surface area (Å²) >= 11 is 0. The van der Waals surface area contributed by atoms with Gasteiger partial charge in [0.1, 0.15) is 11.3 Å². The topological polar surface area (TPSA) is 99.8 Å². The van der Waals surface area contributed by atoms with Crippen molar-refractivity contribution in [1.82, 2.24) is 15.0 Å². The standard InChI is InChI=1S/C32H29N5O2/c1-5-30(38)36-25-8-6-7-22(14-25)24-15-26-27(18-35-31(26)34-17-24)23-10-12-29(33-16-23)32(39)37-28-11-9-21(19(2)3)13-20(28)4/h5-19H,1H2,2-4H3,(H,34,35)(H,36,38)(H,37,39). The van der Waals surface area contributed by atoms with Crippen molar-refractivity contribution < 1.29 is 9.59 Å². The van der Waals surface area contributed by atoms with Crippen LogP contribution in [0.5, 0.6) is 0 Å². The predicted molar refractivity (Wildman–Crippen MR) is 157 cm³/mol. The largest absolute Gasteiger partial charge is 0.346 e. The summed E-state index contributed by atoms with van der Waals surface area (Å²) in [5.74, 6) is -0.0978. The summed E-state index contributed by atoms with van der Waals surface area (Å²) in [4.78, 5) is 36.8. The molecule has 39 heavy (non-hydrogen) atoms. The van der Waals surface area contributed by atoms with Crippen molar-refractivity contribution in [1.29, 1.82) is 0 Å². The van der Waals surface area contributed by atoms with Gasteiger partial charge in [-0.2, -0.15) is 0 Å². The van der Waals surface area contributed by atoms with Gasteiger partial charge in [0.25, 0.3) is 5.91 Å². The number of rotatable bonds is 7. The number of H-pyrrole nitrogens is 1. The van der Waals surface area contributed by atoms with Gasteiger partial charge >= 0.3 is 0 Å². The lowest BCUT2D eigenvalue weighted by Crippen LogP contribution is -2.14. The third-order valence-corrected chi connectivity index (χ3v) is 6.65. The number of anilines is 2. The van der Waals surface area contributed by atoms with Gasteiger partial charge in [0.05, 0.1) is 0 Å². The average molecular weight is 516 g/mol. The molecule has 0 aliphatic rings. The number of aromatic nitrogens is 3. The average Bonchev–Trinajstić information content (AvgIpc) is 3.37. The molecule has 0 saturated carbocycles. The Labute approximate surface area is 227 Å². The highest BCUT2D eigenvalue weighted by Gasteiger charge is 2.14. The van der Waals surface area contributed by atoms with Gasteiger partial charge in [-0.15, -0.1) is 0 Å². The number of pyridine rings is 2. The molecule has 0 spiro atoms. The molecule has 7 nitrogen and oxygen atoms in total. The van der Waals surface area contributed by atoms with E-state index in [1.54, 1.807) is 18.5 Å². The zero-order valence-corrected chi connectivity index (χ0v) is 22.1. The van der Waals surface area contributed by atoms with Gasteiger partial charge in [-0.25, -0.2) is 4.98 Å². The van der Waals surface area contributed by atoms with Crippen LogP contribution in [0.1, 0.15) is 41.4 Å². The Hall–Kier alpha value is -5.04. The summed E-state index contributed by atoms with van der Waals surface area (Å²) < 4.78 is 0. The molecule has 0 fully saturated rings. The molecule has 194 valence electrons. The molecule has 3 N–H and O–H groups in total. The summed E-state index contributed by atoms with van der Waals surface area (Å²) in [7, 11) is 0. The second-order valence-electron chi connectivity index (χ2n) is 9.71. The lowest BCUT2D eigenvalue weighted by atomic mass is 10.0. The van der Waals surface area contributed by atoms with Gasteiger partial charge in [-0.1, -0.05) is 50.8 Å². The van der Waals surface area contributed by atoms with E-state index in [9.17, 15) is 9.59 Å². The molecule has 2 aromatic carbocycles. The van der Waals surface area contributed by atoms with Crippen LogP contribution in [0.4, 0.5) is 11.4 Å². The Bertz CT molecular complexity index is 1700. The van der Waals surface area contributed by atoms with E-state index in [1.807, 2.05) is 61.7 Å². The van der Waals surface area contributed by atoms with Gasteiger partial charge in [0.15, 0.2) is 0 Å². The van der Waals surface area contributed by atoms with E-state index in [0.717, 1.165) is 44.5 Å². The number of hydrogen-bond acceptors (Lipinski definition) is 4. The molecule has 0 atom stereocenters. The van der Waals surface area contributed by atoms with Crippen molar-refractivity contribution in [3.63, 3.8) is 0 Å². The Morgan fingerprint density at radius 2 is 1.74 bits per heavy atom. The number of hydrogen-bond donors (Lipinski definition) is 3. The van der Waals surface area contributed by atoms with Crippen molar-refractivity contribution >= 4 is 34.2 Å². The van der Waals surface area contributed by atoms with Crippen LogP contribution >= 0.6 is 0 Å². The first kappa shape index (κ1) is 25.6. The van der Waals surface area contributed by atoms with Crippen molar-refractivity contribution in [2.75, 3.05) is 10.6 Å². The molecule has 5 rings (SSSR count). The minimum Gasteiger partial charge on any atom is -0.346 e. The van der Waals surface area contributed by atoms with E-state index >= 15 is 0 Å². The second kappa shape index (κ2) is 10.8. The Kier molecular flexibility index (Phi) is 7.06. The maximum absolute atomic E-state index is 12.9. The molecule has 7 heteroatoms. The normalized spacial score (nSPS) is 11.0. The molecule has 5 aromatic rings. The highest BCUT2D eigenvalue weighted by Crippen LogP contribution is 2.31. The first-order valence-electron chi connectivity index (χ1n) is 12.7. The summed E-state index contributed by atoms with van der Waals surface area (Å²) in [5, 5.41) is 6.68. The van der Waals surface area contributed by atoms with Crippen LogP contribution in [0.2, 0.25) is 0 Å². The quantitative estimate of drug-likeness (QED) is 0.201. The molecule has 0 aliphatic carbocycles. The number of carbonyl (C=O) groups is 2. The fourth-order valence-corrected chi connectivity index (χ4v) is 4.43. The molecule has 0 saturated heterocycles. The van der Waals surface area contributed by atoms with E-state index < -0.39 is 0 Å². The second-order valence-corrected chi connectivity index (χ2v) is 9.71. The van der Waals surface area contributed by atoms with Crippen LogP contribution in [0.3, 0.4) is 0 Å². The van der Waals surface area contributed by atoms with Crippen LogP contribution in [0, 0.1) is 6.92 Å². The summed E-state index contributed by atoms with van der Waals surface area (Å²) in [5.41, 5.74) is 8.39. The van der Waals surface area contributed by atoms with Crippen molar-refractivity contribution in [3.05, 3.63) is 109 Å². The minimum atomic E-state index is -0.266. The van der Waals surface area contributed by atoms with Crippen LogP contribution in [0.25, 0.3) is 33.3 Å². The number of fused-ring (bicyclic) bond motifs is 1. The summed E-state index contributed by atoms with van der Waals surface area (Å²) in [6.45, 7) is 9.78. The van der Waals surface area contributed by atoms with E-state index in [-0.39, 0.29) is 11.8 Å². The molecule has 3 aromatic heterocycles. The number of aromatic amines is 1. The molecule has 0 bridgehead atoms. The molecule has 3 heterocycles. The SMILES string of the molecule is C=CC(=O)Nc1cccc(-c2cnc3[nH]cc(-c4ccc(C(=O)Nc5ccc(C(C)C)cc5C)nc4)c3c2)c1. The van der Waals surface area contributed by atoms with Crippen LogP contribution in [-0.4, -0.2) is 26.8 Å². The first-order chi connectivity index (χ1) is 18.8.